The van der Waals surface area contributed by atoms with Crippen molar-refractivity contribution in [1.29, 1.82) is 0 Å². The van der Waals surface area contributed by atoms with E-state index >= 15 is 0 Å². The van der Waals surface area contributed by atoms with E-state index in [2.05, 4.69) is 9.47 Å². The summed E-state index contributed by atoms with van der Waals surface area (Å²) in [5, 5.41) is 16.5. The van der Waals surface area contributed by atoms with Crippen molar-refractivity contribution in [2.75, 3.05) is 14.2 Å². The van der Waals surface area contributed by atoms with Crippen molar-refractivity contribution in [3.05, 3.63) is 0 Å². The molecule has 0 aliphatic carbocycles. The molecule has 0 rings (SSSR count). The maximum absolute atomic E-state index is 11.0. The molecule has 24 heavy (non-hydrogen) atoms. The second kappa shape index (κ2) is 11.7. The van der Waals surface area contributed by atoms with Gasteiger partial charge in [-0.05, 0) is 13.8 Å². The van der Waals surface area contributed by atoms with Crippen LogP contribution in [0.2, 0.25) is 0 Å². The van der Waals surface area contributed by atoms with Crippen molar-refractivity contribution >= 4 is 35.4 Å². The van der Waals surface area contributed by atoms with E-state index in [1.165, 1.54) is 14.0 Å². The topological polar surface area (TPSA) is 161 Å². The second-order valence-electron chi connectivity index (χ2n) is 4.57. The van der Waals surface area contributed by atoms with Gasteiger partial charge in [-0.2, -0.15) is 0 Å². The van der Waals surface area contributed by atoms with Crippen LogP contribution in [0.5, 0.6) is 0 Å². The van der Waals surface area contributed by atoms with E-state index < -0.39 is 53.7 Å². The number of rotatable bonds is 8. The molecule has 0 radical (unpaired) electrons. The molecule has 0 saturated heterocycles. The molecular formula is C14H20O10. The molecule has 0 amide bonds. The molecule has 0 aromatic carbocycles. The Morgan fingerprint density at radius 1 is 0.792 bits per heavy atom. The molecule has 2 unspecified atom stereocenters. The van der Waals surface area contributed by atoms with Crippen LogP contribution < -0.4 is 0 Å². The number of aliphatic carboxylic acids is 2. The highest BCUT2D eigenvalue weighted by Gasteiger charge is 2.27. The van der Waals surface area contributed by atoms with E-state index in [-0.39, 0.29) is 6.42 Å². The number of ether oxygens (including phenoxy) is 2. The zero-order chi connectivity index (χ0) is 19.4. The Hall–Kier alpha value is -2.78. The number of carboxylic acids is 2. The summed E-state index contributed by atoms with van der Waals surface area (Å²) in [6.45, 7) is 2.28. The lowest BCUT2D eigenvalue weighted by atomic mass is 10.0. The van der Waals surface area contributed by atoms with Crippen LogP contribution in [0.3, 0.4) is 0 Å². The fourth-order valence-electron chi connectivity index (χ4n) is 1.36. The Morgan fingerprint density at radius 2 is 1.25 bits per heavy atom. The SMILES string of the molecule is CC(=O)C(CC(=O)O)C(=O)O.COC(=O)CC(C(C)=O)C(=O)OC. The highest BCUT2D eigenvalue weighted by Crippen LogP contribution is 2.07. The molecule has 136 valence electrons. The normalized spacial score (nSPS) is 11.8. The van der Waals surface area contributed by atoms with Gasteiger partial charge < -0.3 is 19.7 Å². The van der Waals surface area contributed by atoms with Crippen molar-refractivity contribution in [3.8, 4) is 0 Å². The van der Waals surface area contributed by atoms with Crippen LogP contribution in [0.1, 0.15) is 26.7 Å². The molecule has 2 N–H and O–H groups in total. The number of methoxy groups -OCH3 is 2. The number of carbonyl (C=O) groups is 6. The number of carboxylic acid groups (broad SMARTS) is 2. The second-order valence-corrected chi connectivity index (χ2v) is 4.57. The van der Waals surface area contributed by atoms with Crippen LogP contribution in [-0.2, 0) is 38.2 Å². The summed E-state index contributed by atoms with van der Waals surface area (Å²) in [4.78, 5) is 63.3. The van der Waals surface area contributed by atoms with Gasteiger partial charge in [0.25, 0.3) is 0 Å². The lowest BCUT2D eigenvalue weighted by Crippen LogP contribution is -2.26. The van der Waals surface area contributed by atoms with Crippen molar-refractivity contribution in [2.45, 2.75) is 26.7 Å². The van der Waals surface area contributed by atoms with Crippen LogP contribution in [-0.4, -0.2) is 59.9 Å². The first-order chi connectivity index (χ1) is 11.0. The van der Waals surface area contributed by atoms with Gasteiger partial charge in [-0.25, -0.2) is 0 Å². The summed E-state index contributed by atoms with van der Waals surface area (Å²) >= 11 is 0. The van der Waals surface area contributed by atoms with Crippen molar-refractivity contribution < 1.29 is 48.5 Å². The Balaban J connectivity index is 0. The molecule has 10 heteroatoms. The highest BCUT2D eigenvalue weighted by atomic mass is 16.5. The van der Waals surface area contributed by atoms with Gasteiger partial charge in [0, 0.05) is 0 Å². The third-order valence-electron chi connectivity index (χ3n) is 2.74. The van der Waals surface area contributed by atoms with Gasteiger partial charge in [0.2, 0.25) is 0 Å². The Kier molecular flexibility index (Phi) is 11.5. The van der Waals surface area contributed by atoms with Crippen molar-refractivity contribution in [2.24, 2.45) is 11.8 Å². The first-order valence-electron chi connectivity index (χ1n) is 6.58. The summed E-state index contributed by atoms with van der Waals surface area (Å²) in [6.07, 6.45) is -0.914. The fraction of sp³-hybridized carbons (Fsp3) is 0.571. The van der Waals surface area contributed by atoms with E-state index in [1.807, 2.05) is 0 Å². The molecule has 0 aliphatic heterocycles. The average Bonchev–Trinajstić information content (AvgIpc) is 2.48. The van der Waals surface area contributed by atoms with Gasteiger partial charge in [0.15, 0.2) is 0 Å². The van der Waals surface area contributed by atoms with Gasteiger partial charge in [-0.15, -0.1) is 0 Å². The zero-order valence-corrected chi connectivity index (χ0v) is 13.7. The molecule has 0 heterocycles. The van der Waals surface area contributed by atoms with Gasteiger partial charge in [0.1, 0.15) is 23.4 Å². The minimum atomic E-state index is -1.41. The van der Waals surface area contributed by atoms with E-state index in [4.69, 9.17) is 10.2 Å². The lowest BCUT2D eigenvalue weighted by molar-refractivity contribution is -0.155. The standard InChI is InChI=1S/C8H12O5.C6H8O5/c1-5(9)6(8(11)13-3)4-7(10)12-2;1-3(7)4(6(10)11)2-5(8)9/h6H,4H2,1-3H3;4H,2H2,1H3,(H,8,9)(H,10,11). The fourth-order valence-corrected chi connectivity index (χ4v) is 1.36. The molecule has 2 atom stereocenters. The van der Waals surface area contributed by atoms with Crippen LogP contribution in [0.25, 0.3) is 0 Å². The van der Waals surface area contributed by atoms with E-state index in [1.54, 1.807) is 0 Å². The van der Waals surface area contributed by atoms with E-state index in [0.717, 1.165) is 14.0 Å². The zero-order valence-electron chi connectivity index (χ0n) is 13.7. The highest BCUT2D eigenvalue weighted by molar-refractivity contribution is 6.00. The third-order valence-corrected chi connectivity index (χ3v) is 2.74. The number of esters is 2. The summed E-state index contributed by atoms with van der Waals surface area (Å²) in [5.74, 6) is -7.49. The number of Topliss-reactive ketones (excluding diaryl/α,β-unsaturated/α-hetero) is 2. The maximum Gasteiger partial charge on any atom is 0.316 e. The largest absolute Gasteiger partial charge is 0.481 e. The summed E-state index contributed by atoms with van der Waals surface area (Å²) in [6, 6.07) is 0. The molecule has 0 aromatic heterocycles. The smallest absolute Gasteiger partial charge is 0.316 e. The molecule has 0 fully saturated rings. The third kappa shape index (κ3) is 10.0. The Labute approximate surface area is 137 Å². The minimum Gasteiger partial charge on any atom is -0.481 e. The van der Waals surface area contributed by atoms with Crippen molar-refractivity contribution in [1.82, 2.24) is 0 Å². The van der Waals surface area contributed by atoms with E-state index in [0.29, 0.717) is 0 Å². The monoisotopic (exact) mass is 348 g/mol. The number of carbonyl (C=O) groups excluding carboxylic acids is 4. The Morgan fingerprint density at radius 3 is 1.46 bits per heavy atom. The van der Waals surface area contributed by atoms with Crippen LogP contribution in [0, 0.1) is 11.8 Å². The van der Waals surface area contributed by atoms with Gasteiger partial charge >= 0.3 is 23.9 Å². The molecule has 0 bridgehead atoms. The van der Waals surface area contributed by atoms with Gasteiger partial charge in [0.05, 0.1) is 27.1 Å². The Bertz CT molecular complexity index is 494. The lowest BCUT2D eigenvalue weighted by Gasteiger charge is -2.08. The van der Waals surface area contributed by atoms with Gasteiger partial charge in [-0.3, -0.25) is 28.8 Å². The van der Waals surface area contributed by atoms with Crippen LogP contribution >= 0.6 is 0 Å². The summed E-state index contributed by atoms with van der Waals surface area (Å²) in [7, 11) is 2.35. The van der Waals surface area contributed by atoms with Crippen LogP contribution in [0.4, 0.5) is 0 Å². The first-order valence-corrected chi connectivity index (χ1v) is 6.58. The molecule has 10 nitrogen and oxygen atoms in total. The number of hydrogen-bond donors (Lipinski definition) is 2. The van der Waals surface area contributed by atoms with E-state index in [9.17, 15) is 28.8 Å². The predicted molar refractivity (Wildman–Crippen MR) is 76.9 cm³/mol. The first kappa shape index (κ1) is 23.5. The summed E-state index contributed by atoms with van der Waals surface area (Å²) in [5.41, 5.74) is 0. The number of hydrogen-bond acceptors (Lipinski definition) is 8. The maximum atomic E-state index is 11.0. The number of ketones is 2. The van der Waals surface area contributed by atoms with Gasteiger partial charge in [-0.1, -0.05) is 0 Å². The predicted octanol–water partition coefficient (Wildman–Crippen LogP) is -0.321. The average molecular weight is 348 g/mol. The summed E-state index contributed by atoms with van der Waals surface area (Å²) < 4.78 is 8.68. The van der Waals surface area contributed by atoms with Crippen molar-refractivity contribution in [3.63, 3.8) is 0 Å². The molecule has 0 aromatic rings. The quantitative estimate of drug-likeness (QED) is 0.439. The van der Waals surface area contributed by atoms with Crippen LogP contribution in [0.15, 0.2) is 0 Å². The molecule has 0 saturated carbocycles. The molecule has 0 spiro atoms. The minimum absolute atomic E-state index is 0.265. The molecule has 0 aliphatic rings. The molecular weight excluding hydrogens is 328 g/mol.